The summed E-state index contributed by atoms with van der Waals surface area (Å²) in [6, 6.07) is 17.1. The van der Waals surface area contributed by atoms with Crippen LogP contribution in [0.2, 0.25) is 5.02 Å². The average Bonchev–Trinajstić information content (AvgIpc) is 3.13. The van der Waals surface area contributed by atoms with Gasteiger partial charge in [0.15, 0.2) is 5.65 Å². The molecule has 1 saturated heterocycles. The number of benzene rings is 2. The standard InChI is InChI=1S/C26H27ClN6O/c1-2-7-23-29-24(22-18-28-33(25(22)30-23)21-8-4-3-5-9-21)31-14-6-15-32(17-16-31)26(34)19-10-12-20(27)13-11-19/h3-5,8-13,18H,2,6-7,14-17H2,1H3. The maximum Gasteiger partial charge on any atom is 0.253 e. The zero-order valence-electron chi connectivity index (χ0n) is 19.2. The van der Waals surface area contributed by atoms with Gasteiger partial charge >= 0.3 is 0 Å². The number of hydrogen-bond donors (Lipinski definition) is 0. The summed E-state index contributed by atoms with van der Waals surface area (Å²) in [6.45, 7) is 4.99. The summed E-state index contributed by atoms with van der Waals surface area (Å²) in [5.74, 6) is 1.76. The number of para-hydroxylation sites is 1. The van der Waals surface area contributed by atoms with Gasteiger partial charge in [0, 0.05) is 43.2 Å². The second kappa shape index (κ2) is 9.81. The maximum absolute atomic E-state index is 13.0. The van der Waals surface area contributed by atoms with Crippen LogP contribution in [0.1, 0.15) is 35.9 Å². The van der Waals surface area contributed by atoms with Crippen molar-refractivity contribution in [2.24, 2.45) is 0 Å². The first-order valence-electron chi connectivity index (χ1n) is 11.7. The number of aryl methyl sites for hydroxylation is 1. The molecule has 0 unspecified atom stereocenters. The molecule has 34 heavy (non-hydrogen) atoms. The summed E-state index contributed by atoms with van der Waals surface area (Å²) >= 11 is 5.99. The molecular formula is C26H27ClN6O. The van der Waals surface area contributed by atoms with Crippen molar-refractivity contribution in [2.75, 3.05) is 31.1 Å². The van der Waals surface area contributed by atoms with Gasteiger partial charge in [0.25, 0.3) is 5.91 Å². The lowest BCUT2D eigenvalue weighted by atomic mass is 10.2. The van der Waals surface area contributed by atoms with Gasteiger partial charge in [0.2, 0.25) is 0 Å². The quantitative estimate of drug-likeness (QED) is 0.416. The van der Waals surface area contributed by atoms with E-state index in [1.807, 2.05) is 46.1 Å². The van der Waals surface area contributed by atoms with E-state index in [2.05, 4.69) is 16.9 Å². The third-order valence-electron chi connectivity index (χ3n) is 6.10. The fourth-order valence-corrected chi connectivity index (χ4v) is 4.51. The van der Waals surface area contributed by atoms with Gasteiger partial charge in [-0.2, -0.15) is 5.10 Å². The number of fused-ring (bicyclic) bond motifs is 1. The number of hydrogen-bond acceptors (Lipinski definition) is 5. The summed E-state index contributed by atoms with van der Waals surface area (Å²) < 4.78 is 1.88. The lowest BCUT2D eigenvalue weighted by Gasteiger charge is -2.24. The number of amides is 1. The molecule has 0 N–H and O–H groups in total. The van der Waals surface area contributed by atoms with E-state index >= 15 is 0 Å². The van der Waals surface area contributed by atoms with Crippen LogP contribution in [-0.2, 0) is 6.42 Å². The molecule has 0 atom stereocenters. The number of aromatic nitrogens is 4. The Kier molecular flexibility index (Phi) is 6.45. The minimum atomic E-state index is 0.0370. The van der Waals surface area contributed by atoms with Crippen molar-refractivity contribution in [1.82, 2.24) is 24.6 Å². The maximum atomic E-state index is 13.0. The van der Waals surface area contributed by atoms with Gasteiger partial charge in [-0.3, -0.25) is 4.79 Å². The highest BCUT2D eigenvalue weighted by atomic mass is 35.5. The highest BCUT2D eigenvalue weighted by Gasteiger charge is 2.24. The minimum Gasteiger partial charge on any atom is -0.354 e. The number of nitrogens with zero attached hydrogens (tertiary/aromatic N) is 6. The van der Waals surface area contributed by atoms with Gasteiger partial charge < -0.3 is 9.80 Å². The van der Waals surface area contributed by atoms with E-state index in [1.54, 1.807) is 24.3 Å². The van der Waals surface area contributed by atoms with E-state index < -0.39 is 0 Å². The first-order chi connectivity index (χ1) is 16.6. The summed E-state index contributed by atoms with van der Waals surface area (Å²) in [7, 11) is 0. The summed E-state index contributed by atoms with van der Waals surface area (Å²) in [6.07, 6.45) is 4.49. The smallest absolute Gasteiger partial charge is 0.253 e. The van der Waals surface area contributed by atoms with Crippen LogP contribution < -0.4 is 4.90 Å². The molecule has 2 aromatic carbocycles. The van der Waals surface area contributed by atoms with Crippen LogP contribution in [0.5, 0.6) is 0 Å². The molecule has 4 aromatic rings. The van der Waals surface area contributed by atoms with Gasteiger partial charge in [-0.1, -0.05) is 36.7 Å². The van der Waals surface area contributed by atoms with Crippen molar-refractivity contribution >= 4 is 34.4 Å². The number of halogens is 1. The summed E-state index contributed by atoms with van der Waals surface area (Å²) in [5.41, 5.74) is 2.45. The Morgan fingerprint density at radius 2 is 1.76 bits per heavy atom. The first-order valence-corrected chi connectivity index (χ1v) is 12.1. The van der Waals surface area contributed by atoms with Crippen LogP contribution in [0.4, 0.5) is 5.82 Å². The third kappa shape index (κ3) is 4.48. The van der Waals surface area contributed by atoms with Crippen molar-refractivity contribution in [2.45, 2.75) is 26.2 Å². The molecule has 8 heteroatoms. The van der Waals surface area contributed by atoms with E-state index in [0.29, 0.717) is 30.2 Å². The Bertz CT molecular complexity index is 1290. The Labute approximate surface area is 204 Å². The molecule has 0 saturated carbocycles. The molecule has 0 bridgehead atoms. The topological polar surface area (TPSA) is 67.2 Å². The highest BCUT2D eigenvalue weighted by molar-refractivity contribution is 6.30. The lowest BCUT2D eigenvalue weighted by molar-refractivity contribution is 0.0767. The average molecular weight is 475 g/mol. The molecule has 0 aliphatic carbocycles. The van der Waals surface area contributed by atoms with Gasteiger partial charge in [-0.05, 0) is 49.2 Å². The number of carbonyl (C=O) groups is 1. The normalized spacial score (nSPS) is 14.4. The molecule has 1 amide bonds. The Balaban J connectivity index is 1.45. The van der Waals surface area contributed by atoms with Gasteiger partial charge in [-0.25, -0.2) is 14.6 Å². The van der Waals surface area contributed by atoms with Crippen LogP contribution >= 0.6 is 11.6 Å². The fraction of sp³-hybridized carbons (Fsp3) is 0.308. The second-order valence-corrected chi connectivity index (χ2v) is 8.92. The lowest BCUT2D eigenvalue weighted by Crippen LogP contribution is -2.35. The number of anilines is 1. The Morgan fingerprint density at radius 3 is 2.53 bits per heavy atom. The van der Waals surface area contributed by atoms with E-state index in [0.717, 1.165) is 54.2 Å². The van der Waals surface area contributed by atoms with E-state index in [1.165, 1.54) is 0 Å². The monoisotopic (exact) mass is 474 g/mol. The molecule has 3 heterocycles. The van der Waals surface area contributed by atoms with Crippen LogP contribution in [0.3, 0.4) is 0 Å². The van der Waals surface area contributed by atoms with Crippen LogP contribution in [0.15, 0.2) is 60.8 Å². The molecule has 7 nitrogen and oxygen atoms in total. The Hall–Kier alpha value is -3.45. The van der Waals surface area contributed by atoms with Crippen molar-refractivity contribution in [3.63, 3.8) is 0 Å². The predicted molar refractivity (Wildman–Crippen MR) is 135 cm³/mol. The molecule has 5 rings (SSSR count). The molecule has 1 fully saturated rings. The molecule has 0 spiro atoms. The number of rotatable bonds is 5. The van der Waals surface area contributed by atoms with Gasteiger partial charge in [-0.15, -0.1) is 0 Å². The van der Waals surface area contributed by atoms with Crippen molar-refractivity contribution in [1.29, 1.82) is 0 Å². The van der Waals surface area contributed by atoms with Crippen molar-refractivity contribution < 1.29 is 4.79 Å². The highest BCUT2D eigenvalue weighted by Crippen LogP contribution is 2.27. The van der Waals surface area contributed by atoms with Crippen molar-refractivity contribution in [3.05, 3.63) is 77.2 Å². The fourth-order valence-electron chi connectivity index (χ4n) is 4.38. The summed E-state index contributed by atoms with van der Waals surface area (Å²) in [4.78, 5) is 27.0. The minimum absolute atomic E-state index is 0.0370. The van der Waals surface area contributed by atoms with E-state index in [4.69, 9.17) is 21.6 Å². The molecule has 174 valence electrons. The second-order valence-electron chi connectivity index (χ2n) is 8.48. The van der Waals surface area contributed by atoms with Crippen molar-refractivity contribution in [3.8, 4) is 5.69 Å². The molecule has 2 aromatic heterocycles. The first kappa shape index (κ1) is 22.3. The van der Waals surface area contributed by atoms with Crippen LogP contribution in [0.25, 0.3) is 16.7 Å². The molecule has 1 aliphatic heterocycles. The third-order valence-corrected chi connectivity index (χ3v) is 6.35. The van der Waals surface area contributed by atoms with E-state index in [-0.39, 0.29) is 5.91 Å². The predicted octanol–water partition coefficient (Wildman–Crippen LogP) is 4.77. The number of carbonyl (C=O) groups excluding carboxylic acids is 1. The molecule has 1 aliphatic rings. The van der Waals surface area contributed by atoms with Crippen LogP contribution in [-0.4, -0.2) is 56.7 Å². The Morgan fingerprint density at radius 1 is 0.971 bits per heavy atom. The largest absolute Gasteiger partial charge is 0.354 e. The zero-order chi connectivity index (χ0) is 23.5. The zero-order valence-corrected chi connectivity index (χ0v) is 19.9. The summed E-state index contributed by atoms with van der Waals surface area (Å²) in [5, 5.41) is 6.21. The molecule has 0 radical (unpaired) electrons. The van der Waals surface area contributed by atoms with Crippen LogP contribution in [0, 0.1) is 0 Å². The van der Waals surface area contributed by atoms with Gasteiger partial charge in [0.1, 0.15) is 11.6 Å². The SMILES string of the molecule is CCCc1nc(N2CCCN(C(=O)c3ccc(Cl)cc3)CC2)c2cnn(-c3ccccc3)c2n1. The molecular weight excluding hydrogens is 448 g/mol. The van der Waals surface area contributed by atoms with E-state index in [9.17, 15) is 4.79 Å². The van der Waals surface area contributed by atoms with Gasteiger partial charge in [0.05, 0.1) is 17.3 Å².